The maximum atomic E-state index is 10.7. The first kappa shape index (κ1) is 8.89. The van der Waals surface area contributed by atoms with Gasteiger partial charge in [0, 0.05) is 4.90 Å². The Labute approximate surface area is 76.2 Å². The van der Waals surface area contributed by atoms with Gasteiger partial charge in [-0.1, -0.05) is 18.2 Å². The van der Waals surface area contributed by atoms with Crippen LogP contribution in [-0.4, -0.2) is 11.5 Å². The Morgan fingerprint density at radius 2 is 2.08 bits per heavy atom. The highest BCUT2D eigenvalue weighted by molar-refractivity contribution is 8.00. The molecule has 0 saturated carbocycles. The van der Waals surface area contributed by atoms with E-state index in [-0.39, 0.29) is 5.78 Å². The molecule has 1 aromatic carbocycles. The number of carbonyl (C=O) groups excluding carboxylic acids is 1. The van der Waals surface area contributed by atoms with Crippen molar-refractivity contribution in [3.63, 3.8) is 0 Å². The normalized spacial score (nSPS) is 8.92. The zero-order valence-corrected chi connectivity index (χ0v) is 7.30. The van der Waals surface area contributed by atoms with Crippen molar-refractivity contribution < 1.29 is 4.79 Å². The van der Waals surface area contributed by atoms with Crippen LogP contribution in [0, 0.1) is 12.3 Å². The van der Waals surface area contributed by atoms with Crippen LogP contribution in [0.4, 0.5) is 0 Å². The molecule has 0 unspecified atom stereocenters. The van der Waals surface area contributed by atoms with Crippen molar-refractivity contribution in [3.05, 3.63) is 30.3 Å². The van der Waals surface area contributed by atoms with Crippen LogP contribution in [-0.2, 0) is 4.79 Å². The minimum absolute atomic E-state index is 0.163. The fourth-order valence-corrected chi connectivity index (χ4v) is 1.44. The average Bonchev–Trinajstić information content (AvgIpc) is 2.16. The second-order valence-electron chi connectivity index (χ2n) is 2.17. The van der Waals surface area contributed by atoms with E-state index in [9.17, 15) is 4.79 Å². The minimum Gasteiger partial charge on any atom is -0.284 e. The van der Waals surface area contributed by atoms with Crippen LogP contribution in [0.25, 0.3) is 0 Å². The van der Waals surface area contributed by atoms with Crippen LogP contribution in [0.2, 0.25) is 0 Å². The summed E-state index contributed by atoms with van der Waals surface area (Å²) in [6, 6.07) is 9.71. The molecule has 0 aliphatic rings. The topological polar surface area (TPSA) is 17.1 Å². The van der Waals surface area contributed by atoms with Crippen molar-refractivity contribution in [2.75, 3.05) is 5.75 Å². The van der Waals surface area contributed by atoms with E-state index in [0.29, 0.717) is 5.75 Å². The van der Waals surface area contributed by atoms with E-state index >= 15 is 0 Å². The summed E-state index contributed by atoms with van der Waals surface area (Å²) >= 11 is 1.46. The van der Waals surface area contributed by atoms with Crippen molar-refractivity contribution in [1.82, 2.24) is 0 Å². The van der Waals surface area contributed by atoms with Gasteiger partial charge in [-0.15, -0.1) is 18.2 Å². The lowest BCUT2D eigenvalue weighted by Gasteiger charge is -1.95. The molecule has 1 rings (SSSR count). The van der Waals surface area contributed by atoms with Gasteiger partial charge >= 0.3 is 0 Å². The number of benzene rings is 1. The second kappa shape index (κ2) is 4.63. The third-order valence-electron chi connectivity index (χ3n) is 1.27. The molecule has 0 fully saturated rings. The Bertz CT molecular complexity index is 297. The third kappa shape index (κ3) is 2.81. The molecule has 0 aliphatic carbocycles. The molecule has 0 aromatic heterocycles. The lowest BCUT2D eigenvalue weighted by molar-refractivity contribution is -0.111. The van der Waals surface area contributed by atoms with E-state index in [0.717, 1.165) is 4.90 Å². The molecular formula is C10H8OS. The molecule has 0 amide bonds. The highest BCUT2D eigenvalue weighted by Crippen LogP contribution is 2.16. The molecule has 0 saturated heterocycles. The molecule has 0 atom stereocenters. The van der Waals surface area contributed by atoms with Crippen LogP contribution in [0.15, 0.2) is 35.2 Å². The fraction of sp³-hybridized carbons (Fsp3) is 0.100. The quantitative estimate of drug-likeness (QED) is 0.398. The number of rotatable bonds is 3. The number of Topliss-reactive ketones (excluding diaryl/α,β-unsaturated/α-hetero) is 1. The molecule has 1 nitrogen and oxygen atoms in total. The highest BCUT2D eigenvalue weighted by atomic mass is 32.2. The molecule has 60 valence electrons. The van der Waals surface area contributed by atoms with Gasteiger partial charge in [0.05, 0.1) is 5.75 Å². The Balaban J connectivity index is 2.45. The van der Waals surface area contributed by atoms with Gasteiger partial charge in [0.1, 0.15) is 0 Å². The third-order valence-corrected chi connectivity index (χ3v) is 2.29. The molecule has 0 spiro atoms. The Morgan fingerprint density at radius 3 is 2.67 bits per heavy atom. The summed E-state index contributed by atoms with van der Waals surface area (Å²) in [4.78, 5) is 11.8. The Morgan fingerprint density at radius 1 is 1.42 bits per heavy atom. The van der Waals surface area contributed by atoms with Crippen molar-refractivity contribution in [2.45, 2.75) is 4.90 Å². The first-order valence-corrected chi connectivity index (χ1v) is 4.49. The molecular weight excluding hydrogens is 168 g/mol. The predicted molar refractivity (Wildman–Crippen MR) is 51.0 cm³/mol. The van der Waals surface area contributed by atoms with Crippen molar-refractivity contribution >= 4 is 17.5 Å². The van der Waals surface area contributed by atoms with Crippen molar-refractivity contribution in [2.24, 2.45) is 0 Å². The smallest absolute Gasteiger partial charge is 0.215 e. The van der Waals surface area contributed by atoms with Gasteiger partial charge in [0.2, 0.25) is 5.78 Å². The monoisotopic (exact) mass is 176 g/mol. The molecule has 0 bridgehead atoms. The number of thioether (sulfide) groups is 1. The van der Waals surface area contributed by atoms with Crippen molar-refractivity contribution in [3.8, 4) is 12.3 Å². The average molecular weight is 176 g/mol. The Hall–Kier alpha value is -1.20. The van der Waals surface area contributed by atoms with E-state index in [1.54, 1.807) is 0 Å². The summed E-state index contributed by atoms with van der Waals surface area (Å²) < 4.78 is 0. The zero-order valence-electron chi connectivity index (χ0n) is 6.49. The molecule has 0 N–H and O–H groups in total. The van der Waals surface area contributed by atoms with Gasteiger partial charge in [0.25, 0.3) is 0 Å². The molecule has 0 heterocycles. The maximum Gasteiger partial charge on any atom is 0.215 e. The Kier molecular flexibility index (Phi) is 3.43. The standard InChI is InChI=1S/C10H8OS/c1-2-9(11)8-12-10-6-4-3-5-7-10/h1,3-7H,8H2. The van der Waals surface area contributed by atoms with E-state index < -0.39 is 0 Å². The van der Waals surface area contributed by atoms with E-state index in [2.05, 4.69) is 5.92 Å². The summed E-state index contributed by atoms with van der Waals surface area (Å²) in [6.45, 7) is 0. The van der Waals surface area contributed by atoms with Gasteiger partial charge in [0.15, 0.2) is 0 Å². The van der Waals surface area contributed by atoms with Crippen LogP contribution < -0.4 is 0 Å². The fourth-order valence-electron chi connectivity index (χ4n) is 0.707. The van der Waals surface area contributed by atoms with Gasteiger partial charge < -0.3 is 0 Å². The van der Waals surface area contributed by atoms with E-state index in [1.165, 1.54) is 11.8 Å². The maximum absolute atomic E-state index is 10.7. The zero-order chi connectivity index (χ0) is 8.81. The number of carbonyl (C=O) groups is 1. The van der Waals surface area contributed by atoms with Crippen LogP contribution in [0.3, 0.4) is 0 Å². The van der Waals surface area contributed by atoms with Crippen LogP contribution in [0.5, 0.6) is 0 Å². The van der Waals surface area contributed by atoms with Crippen molar-refractivity contribution in [1.29, 1.82) is 0 Å². The number of hydrogen-bond donors (Lipinski definition) is 0. The lowest BCUT2D eigenvalue weighted by atomic mass is 10.4. The van der Waals surface area contributed by atoms with Crippen LogP contribution >= 0.6 is 11.8 Å². The van der Waals surface area contributed by atoms with Gasteiger partial charge in [-0.3, -0.25) is 4.79 Å². The first-order valence-electron chi connectivity index (χ1n) is 3.50. The SMILES string of the molecule is C#CC(=O)CSc1ccccc1. The highest BCUT2D eigenvalue weighted by Gasteiger charge is 1.97. The molecule has 0 aliphatic heterocycles. The molecule has 12 heavy (non-hydrogen) atoms. The van der Waals surface area contributed by atoms with E-state index in [4.69, 9.17) is 6.42 Å². The summed E-state index contributed by atoms with van der Waals surface area (Å²) in [5, 5.41) is 0. The summed E-state index contributed by atoms with van der Waals surface area (Å²) in [5.41, 5.74) is 0. The summed E-state index contributed by atoms with van der Waals surface area (Å²) in [6.07, 6.45) is 4.92. The van der Waals surface area contributed by atoms with Gasteiger partial charge in [-0.25, -0.2) is 0 Å². The summed E-state index contributed by atoms with van der Waals surface area (Å²) in [5.74, 6) is 2.27. The minimum atomic E-state index is -0.163. The van der Waals surface area contributed by atoms with Gasteiger partial charge in [-0.2, -0.15) is 0 Å². The number of terminal acetylenes is 1. The molecule has 2 heteroatoms. The largest absolute Gasteiger partial charge is 0.284 e. The second-order valence-corrected chi connectivity index (χ2v) is 3.22. The summed E-state index contributed by atoms with van der Waals surface area (Å²) in [7, 11) is 0. The molecule has 0 radical (unpaired) electrons. The number of hydrogen-bond acceptors (Lipinski definition) is 2. The van der Waals surface area contributed by atoms with Crippen LogP contribution in [0.1, 0.15) is 0 Å². The number of ketones is 1. The molecule has 1 aromatic rings. The van der Waals surface area contributed by atoms with Gasteiger partial charge in [-0.05, 0) is 18.1 Å². The predicted octanol–water partition coefficient (Wildman–Crippen LogP) is 1.98. The first-order chi connectivity index (χ1) is 5.83. The lowest BCUT2D eigenvalue weighted by Crippen LogP contribution is -1.95. The van der Waals surface area contributed by atoms with E-state index in [1.807, 2.05) is 30.3 Å².